The molecule has 0 radical (unpaired) electrons. The highest BCUT2D eigenvalue weighted by Crippen LogP contribution is 2.39. The Morgan fingerprint density at radius 3 is 1.98 bits per heavy atom. The van der Waals surface area contributed by atoms with Crippen LogP contribution in [-0.4, -0.2) is 19.1 Å². The van der Waals surface area contributed by atoms with Crippen LogP contribution in [0.15, 0.2) is 182 Å². The van der Waals surface area contributed by atoms with Crippen molar-refractivity contribution in [1.82, 2.24) is 19.1 Å². The van der Waals surface area contributed by atoms with Gasteiger partial charge in [-0.1, -0.05) is 132 Å². The van der Waals surface area contributed by atoms with E-state index < -0.39 is 95.1 Å². The average molecular weight is 808 g/mol. The molecule has 10 rings (SSSR count). The fourth-order valence-corrected chi connectivity index (χ4v) is 7.76. The number of benzene rings is 6. The van der Waals surface area contributed by atoms with Gasteiger partial charge in [0.1, 0.15) is 28.7 Å². The first-order chi connectivity index (χ1) is 34.9. The van der Waals surface area contributed by atoms with Gasteiger partial charge in [0.2, 0.25) is 0 Å². The highest BCUT2D eigenvalue weighted by molar-refractivity contribution is 6.09. The van der Waals surface area contributed by atoms with Crippen molar-refractivity contribution in [3.63, 3.8) is 0 Å². The van der Waals surface area contributed by atoms with Gasteiger partial charge in [0, 0.05) is 46.4 Å². The summed E-state index contributed by atoms with van der Waals surface area (Å²) in [7, 11) is 0. The molecule has 4 aromatic heterocycles. The van der Waals surface area contributed by atoms with Crippen LogP contribution in [0, 0.1) is 0 Å². The van der Waals surface area contributed by atoms with Gasteiger partial charge < -0.3 is 4.74 Å². The normalized spacial score (nSPS) is 15.1. The summed E-state index contributed by atoms with van der Waals surface area (Å²) in [5.41, 5.74) is 2.73. The Bertz CT molecular complexity index is 3870. The highest BCUT2D eigenvalue weighted by atomic mass is 16.5. The van der Waals surface area contributed by atoms with Gasteiger partial charge in [-0.15, -0.1) is 0 Å². The molecular weight excluding hydrogens is 747 g/mol. The van der Waals surface area contributed by atoms with E-state index in [0.29, 0.717) is 28.2 Å². The molecule has 0 unspecified atom stereocenters. The molecule has 6 nitrogen and oxygen atoms in total. The van der Waals surface area contributed by atoms with Crippen molar-refractivity contribution < 1.29 is 27.1 Å². The van der Waals surface area contributed by atoms with Gasteiger partial charge >= 0.3 is 0 Å². The largest absolute Gasteiger partial charge is 0.457 e. The molecule has 10 aromatic rings. The smallest absolute Gasteiger partial charge is 0.255 e. The van der Waals surface area contributed by atoms with Crippen LogP contribution in [0.5, 0.6) is 11.5 Å². The summed E-state index contributed by atoms with van der Waals surface area (Å²) in [4.78, 5) is 9.28. The van der Waals surface area contributed by atoms with Crippen LogP contribution in [0.2, 0.25) is 0 Å². The Kier molecular flexibility index (Phi) is 6.29. The van der Waals surface area contributed by atoms with Gasteiger partial charge in [0.05, 0.1) is 35.1 Å². The molecule has 0 fully saturated rings. The number of rotatable bonds is 7. The molecule has 6 aromatic carbocycles. The Morgan fingerprint density at radius 1 is 0.590 bits per heavy atom. The van der Waals surface area contributed by atoms with E-state index in [0.717, 1.165) is 38.8 Å². The second-order valence-electron chi connectivity index (χ2n) is 16.9. The number of para-hydroxylation sites is 3. The van der Waals surface area contributed by atoms with Crippen LogP contribution < -0.4 is 9.30 Å². The van der Waals surface area contributed by atoms with Crippen LogP contribution in [0.25, 0.3) is 72.3 Å². The van der Waals surface area contributed by atoms with E-state index in [1.165, 1.54) is 4.57 Å². The summed E-state index contributed by atoms with van der Waals surface area (Å²) in [5, 5.41) is 1.97. The molecule has 6 heteroatoms. The predicted octanol–water partition coefficient (Wildman–Crippen LogP) is 13.5. The van der Waals surface area contributed by atoms with E-state index in [-0.39, 0.29) is 22.2 Å². The number of aromatic nitrogens is 5. The average Bonchev–Trinajstić information content (AvgIpc) is 3.92. The minimum absolute atomic E-state index is 0.135. The Hall–Kier alpha value is -7.31. The van der Waals surface area contributed by atoms with Crippen molar-refractivity contribution >= 4 is 32.8 Å². The molecule has 0 bridgehead atoms. The van der Waals surface area contributed by atoms with E-state index in [2.05, 4.69) is 57.2 Å². The van der Waals surface area contributed by atoms with Gasteiger partial charge in [-0.2, -0.15) is 9.13 Å². The molecule has 61 heavy (non-hydrogen) atoms. The number of pyridine rings is 2. The maximum Gasteiger partial charge on any atom is 0.255 e. The van der Waals surface area contributed by atoms with Crippen LogP contribution in [-0.2, 0) is 10.8 Å². The topological polar surface area (TPSA) is 48.8 Å². The van der Waals surface area contributed by atoms with Crippen molar-refractivity contribution in [3.05, 3.63) is 193 Å². The van der Waals surface area contributed by atoms with Gasteiger partial charge in [-0.3, -0.25) is 9.55 Å². The van der Waals surface area contributed by atoms with Crippen LogP contribution in [0.4, 0.5) is 0 Å². The molecule has 0 amide bonds. The Labute approximate surface area is 375 Å². The quantitative estimate of drug-likeness (QED) is 0.151. The van der Waals surface area contributed by atoms with Gasteiger partial charge in [-0.05, 0) is 87.7 Å². The minimum Gasteiger partial charge on any atom is -0.457 e. The highest BCUT2D eigenvalue weighted by Gasteiger charge is 2.27. The third-order valence-corrected chi connectivity index (χ3v) is 10.9. The molecule has 0 aliphatic heterocycles. The molecule has 0 aliphatic rings. The maximum absolute atomic E-state index is 9.44. The van der Waals surface area contributed by atoms with Crippen molar-refractivity contribution in [2.24, 2.45) is 0 Å². The first-order valence-corrected chi connectivity index (χ1v) is 19.9. The number of fused-ring (bicyclic) bond motifs is 4. The Morgan fingerprint density at radius 2 is 1.28 bits per heavy atom. The first-order valence-electron chi connectivity index (χ1n) is 26.4. The third-order valence-electron chi connectivity index (χ3n) is 10.9. The monoisotopic (exact) mass is 807 g/mol. The lowest BCUT2D eigenvalue weighted by Crippen LogP contribution is -2.30. The zero-order chi connectivity index (χ0) is 53.2. The van der Waals surface area contributed by atoms with Gasteiger partial charge in [0.25, 0.3) is 6.33 Å². The number of hydrogen-bond acceptors (Lipinski definition) is 3. The standard InChI is InChI=1S/C55H48N5O/c1-54(2,3)39-26-29-57-52(32-39)60-50-34-42(24-25-46(50)47-27-28-56-35-51(47)60)61-43-31-40(55(4,5)6)30-41(33-43)58-36-59(49-23-14-13-22-48(49)58)53-44(37-16-9-7-10-17-37)20-15-21-45(53)38-18-11-8-12-19-38/h7-36H,1-6H3/q+1/i7D,8D,9D,10D,11D,12D,15D,16D,17D,18D,19D,20D,21D. The van der Waals surface area contributed by atoms with E-state index in [1.807, 2.05) is 71.6 Å². The van der Waals surface area contributed by atoms with E-state index in [4.69, 9.17) is 24.8 Å². The zero-order valence-electron chi connectivity index (χ0n) is 47.5. The first kappa shape index (κ1) is 26.0. The van der Waals surface area contributed by atoms with Crippen molar-refractivity contribution in [3.8, 4) is 50.9 Å². The Balaban J connectivity index is 1.24. The maximum atomic E-state index is 9.44. The summed E-state index contributed by atoms with van der Waals surface area (Å²) in [6.07, 6.45) is 7.01. The number of nitrogens with zero attached hydrogens (tertiary/aromatic N) is 5. The predicted molar refractivity (Wildman–Crippen MR) is 250 cm³/mol. The fourth-order valence-electron chi connectivity index (χ4n) is 7.76. The SMILES string of the molecule is [2H]c1c([2H])c([2H])c(-c2c([2H])c([2H])c([2H])c(-c3c([2H])c([2H])c([2H])c([2H])c3[2H])c2-[n+]2cn(-c3cc(Oc4ccc5c6ccncc6n(-c6cc(C(C)(C)C)ccn6)c5c4)cc(C(C)(C)C)c3)c3ccccc32)c([2H])c1[2H]. The van der Waals surface area contributed by atoms with Crippen LogP contribution >= 0.6 is 0 Å². The lowest BCUT2D eigenvalue weighted by Gasteiger charge is -2.21. The second-order valence-corrected chi connectivity index (χ2v) is 16.9. The van der Waals surface area contributed by atoms with Gasteiger partial charge in [0.15, 0.2) is 11.0 Å². The molecule has 0 saturated carbocycles. The molecule has 4 heterocycles. The van der Waals surface area contributed by atoms with Crippen LogP contribution in [0.3, 0.4) is 0 Å². The van der Waals surface area contributed by atoms with E-state index >= 15 is 0 Å². The van der Waals surface area contributed by atoms with Gasteiger partial charge in [-0.25, -0.2) is 4.98 Å². The molecule has 0 N–H and O–H groups in total. The van der Waals surface area contributed by atoms with Crippen molar-refractivity contribution in [2.75, 3.05) is 0 Å². The molecule has 0 atom stereocenters. The summed E-state index contributed by atoms with van der Waals surface area (Å²) >= 11 is 0. The van der Waals surface area contributed by atoms with E-state index in [1.54, 1.807) is 30.7 Å². The number of hydrogen-bond donors (Lipinski definition) is 0. The number of imidazole rings is 1. The molecular formula is C55H48N5O+. The molecule has 0 aliphatic carbocycles. The van der Waals surface area contributed by atoms with Crippen molar-refractivity contribution in [1.29, 1.82) is 0 Å². The summed E-state index contributed by atoms with van der Waals surface area (Å²) in [6, 6.07) is 15.6. The lowest BCUT2D eigenvalue weighted by atomic mass is 9.86. The molecule has 298 valence electrons. The van der Waals surface area contributed by atoms with Crippen molar-refractivity contribution in [2.45, 2.75) is 52.4 Å². The summed E-state index contributed by atoms with van der Waals surface area (Å²) in [5.74, 6) is 1.72. The van der Waals surface area contributed by atoms with E-state index in [9.17, 15) is 2.74 Å². The third kappa shape index (κ3) is 6.94. The summed E-state index contributed by atoms with van der Waals surface area (Å²) in [6.45, 7) is 12.7. The summed E-state index contributed by atoms with van der Waals surface area (Å²) < 4.78 is 128. The lowest BCUT2D eigenvalue weighted by molar-refractivity contribution is -0.566. The van der Waals surface area contributed by atoms with Crippen LogP contribution in [0.1, 0.15) is 70.5 Å². The molecule has 0 saturated heterocycles. The fraction of sp³-hybridized carbons (Fsp3) is 0.145. The molecule has 0 spiro atoms. The minimum atomic E-state index is -0.758. The zero-order valence-corrected chi connectivity index (χ0v) is 34.5. The number of ether oxygens (including phenoxy) is 1. The second kappa shape index (κ2) is 14.8.